The number of aryl methyl sites for hydroxylation is 1. The van der Waals surface area contributed by atoms with Crippen molar-refractivity contribution in [1.82, 2.24) is 4.90 Å². The van der Waals surface area contributed by atoms with Crippen molar-refractivity contribution in [2.45, 2.75) is 69.6 Å². The van der Waals surface area contributed by atoms with Crippen LogP contribution in [0.5, 0.6) is 0 Å². The van der Waals surface area contributed by atoms with Crippen molar-refractivity contribution >= 4 is 17.5 Å². The van der Waals surface area contributed by atoms with E-state index in [0.717, 1.165) is 44.5 Å². The third-order valence-electron chi connectivity index (χ3n) is 6.90. The lowest BCUT2D eigenvalue weighted by molar-refractivity contribution is -0.118. The maximum atomic E-state index is 12.5. The van der Waals surface area contributed by atoms with Gasteiger partial charge in [-0.3, -0.25) is 15.1 Å². The van der Waals surface area contributed by atoms with Gasteiger partial charge in [-0.05, 0) is 50.2 Å². The Hall–Kier alpha value is -1.96. The lowest BCUT2D eigenvalue weighted by Crippen LogP contribution is -2.47. The van der Waals surface area contributed by atoms with Crippen molar-refractivity contribution in [2.24, 2.45) is 0 Å². The molecule has 2 fully saturated rings. The Morgan fingerprint density at radius 1 is 1.10 bits per heavy atom. The van der Waals surface area contributed by atoms with Gasteiger partial charge in [-0.1, -0.05) is 18.2 Å². The summed E-state index contributed by atoms with van der Waals surface area (Å²) in [4.78, 5) is 17.1. The van der Waals surface area contributed by atoms with Crippen LogP contribution in [0.1, 0.15) is 50.5 Å². The van der Waals surface area contributed by atoms with E-state index in [1.807, 2.05) is 11.0 Å². The summed E-state index contributed by atoms with van der Waals surface area (Å²) in [6.45, 7) is 2.95. The van der Waals surface area contributed by atoms with Crippen molar-refractivity contribution in [3.8, 4) is 0 Å². The van der Waals surface area contributed by atoms with Crippen LogP contribution in [0.25, 0.3) is 0 Å². The molecule has 2 bridgehead atoms. The van der Waals surface area contributed by atoms with E-state index in [9.17, 15) is 4.79 Å². The van der Waals surface area contributed by atoms with Gasteiger partial charge >= 0.3 is 0 Å². The van der Waals surface area contributed by atoms with Crippen molar-refractivity contribution in [3.63, 3.8) is 0 Å². The Balaban J connectivity index is 1.20. The van der Waals surface area contributed by atoms with Gasteiger partial charge in [0.15, 0.2) is 12.5 Å². The van der Waals surface area contributed by atoms with Gasteiger partial charge in [0, 0.05) is 37.3 Å². The summed E-state index contributed by atoms with van der Waals surface area (Å²) in [6.07, 6.45) is 7.73. The molecule has 7 heteroatoms. The van der Waals surface area contributed by atoms with Crippen molar-refractivity contribution < 1.29 is 19.4 Å². The number of para-hydroxylation sites is 1. The Morgan fingerprint density at radius 2 is 1.87 bits per heavy atom. The monoisotopic (exact) mass is 430 g/mol. The van der Waals surface area contributed by atoms with E-state index in [2.05, 4.69) is 23.1 Å². The van der Waals surface area contributed by atoms with Gasteiger partial charge in [0.2, 0.25) is 5.91 Å². The number of benzene rings is 1. The molecule has 3 heterocycles. The van der Waals surface area contributed by atoms with Crippen molar-refractivity contribution in [3.05, 3.63) is 29.8 Å². The second-order valence-electron chi connectivity index (χ2n) is 8.89. The van der Waals surface area contributed by atoms with Crippen molar-refractivity contribution in [1.29, 1.82) is 5.41 Å². The Labute approximate surface area is 184 Å². The highest BCUT2D eigenvalue weighted by Gasteiger charge is 2.40. The van der Waals surface area contributed by atoms with Crippen LogP contribution in [-0.2, 0) is 20.7 Å². The molecule has 3 N–H and O–H groups in total. The predicted octanol–water partition coefficient (Wildman–Crippen LogP) is 2.48. The fraction of sp³-hybridized carbons (Fsp3) is 0.667. The Bertz CT molecular complexity index is 757. The minimum absolute atomic E-state index is 0.184. The normalized spacial score (nSPS) is 25.5. The Morgan fingerprint density at radius 3 is 2.65 bits per heavy atom. The van der Waals surface area contributed by atoms with Gasteiger partial charge in [-0.15, -0.1) is 0 Å². The lowest BCUT2D eigenvalue weighted by Gasteiger charge is -2.39. The second-order valence-corrected chi connectivity index (χ2v) is 8.89. The number of ether oxygens (including phenoxy) is 2. The molecule has 1 aromatic carbocycles. The lowest BCUT2D eigenvalue weighted by atomic mass is 9.99. The molecule has 3 aliphatic heterocycles. The van der Waals surface area contributed by atoms with Gasteiger partial charge in [0.25, 0.3) is 0 Å². The molecule has 7 nitrogen and oxygen atoms in total. The first-order valence-corrected chi connectivity index (χ1v) is 11.8. The maximum absolute atomic E-state index is 12.5. The maximum Gasteiger partial charge on any atom is 0.227 e. The van der Waals surface area contributed by atoms with Crippen LogP contribution in [0, 0.1) is 5.41 Å². The highest BCUT2D eigenvalue weighted by molar-refractivity contribution is 5.96. The van der Waals surface area contributed by atoms with E-state index in [1.54, 1.807) is 0 Å². The number of nitrogens with zero attached hydrogens (tertiary/aromatic N) is 2. The summed E-state index contributed by atoms with van der Waals surface area (Å²) in [5, 5.41) is 14.7. The van der Waals surface area contributed by atoms with E-state index in [1.165, 1.54) is 18.4 Å². The SMILES string of the molecule is N=C(CC[OH2+])OCCOC1CC2CCC(C1)N2CCCN1C(=O)CCc2ccccc21. The number of hydrogen-bond donors (Lipinski definition) is 1. The summed E-state index contributed by atoms with van der Waals surface area (Å²) in [7, 11) is 0. The molecular weight excluding hydrogens is 394 g/mol. The molecule has 0 aromatic heterocycles. The number of anilines is 1. The first-order chi connectivity index (χ1) is 15.2. The molecule has 3 aliphatic rings. The fourth-order valence-corrected chi connectivity index (χ4v) is 5.44. The first-order valence-electron chi connectivity index (χ1n) is 11.8. The van der Waals surface area contributed by atoms with Gasteiger partial charge in [-0.2, -0.15) is 0 Å². The fourth-order valence-electron chi connectivity index (χ4n) is 5.44. The molecule has 0 radical (unpaired) electrons. The number of carbonyl (C=O) groups excluding carboxylic acids is 1. The minimum atomic E-state index is 0.184. The number of amides is 1. The number of carbonyl (C=O) groups is 1. The van der Waals surface area contributed by atoms with Crippen LogP contribution in [0.15, 0.2) is 24.3 Å². The van der Waals surface area contributed by atoms with E-state index in [0.29, 0.717) is 38.1 Å². The molecule has 2 atom stereocenters. The number of hydrogen-bond acceptors (Lipinski definition) is 5. The zero-order chi connectivity index (χ0) is 21.6. The quantitative estimate of drug-likeness (QED) is 0.267. The highest BCUT2D eigenvalue weighted by atomic mass is 16.5. The summed E-state index contributed by atoms with van der Waals surface area (Å²) in [5.41, 5.74) is 2.39. The van der Waals surface area contributed by atoms with E-state index >= 15 is 0 Å². The molecule has 0 spiro atoms. The van der Waals surface area contributed by atoms with E-state index in [4.69, 9.17) is 20.0 Å². The van der Waals surface area contributed by atoms with Gasteiger partial charge in [0.05, 0.1) is 19.1 Å². The van der Waals surface area contributed by atoms with Crippen molar-refractivity contribution in [2.75, 3.05) is 37.8 Å². The third kappa shape index (κ3) is 5.45. The summed E-state index contributed by atoms with van der Waals surface area (Å²) in [5.74, 6) is 0.440. The van der Waals surface area contributed by atoms with Crippen LogP contribution in [0.4, 0.5) is 5.69 Å². The zero-order valence-electron chi connectivity index (χ0n) is 18.4. The van der Waals surface area contributed by atoms with Gasteiger partial charge in [0.1, 0.15) is 6.61 Å². The predicted molar refractivity (Wildman–Crippen MR) is 121 cm³/mol. The largest absolute Gasteiger partial charge is 0.478 e. The van der Waals surface area contributed by atoms with Crippen LogP contribution in [0.2, 0.25) is 0 Å². The number of nitrogens with one attached hydrogen (secondary N) is 1. The first kappa shape index (κ1) is 22.2. The smallest absolute Gasteiger partial charge is 0.227 e. The third-order valence-corrected chi connectivity index (χ3v) is 6.90. The molecule has 170 valence electrons. The summed E-state index contributed by atoms with van der Waals surface area (Å²) in [6, 6.07) is 9.47. The van der Waals surface area contributed by atoms with Crippen LogP contribution in [0.3, 0.4) is 0 Å². The molecule has 2 unspecified atom stereocenters. The van der Waals surface area contributed by atoms with E-state index in [-0.39, 0.29) is 24.5 Å². The summed E-state index contributed by atoms with van der Waals surface area (Å²) < 4.78 is 11.3. The average Bonchev–Trinajstić information content (AvgIpc) is 3.00. The molecule has 4 rings (SSSR count). The standard InChI is InChI=1S/C24H35N3O4/c25-23(10-13-28)31-15-14-30-21-16-19-7-8-20(17-21)26(19)11-3-12-27-22-5-2-1-4-18(22)6-9-24(27)29/h1-2,4-5,19-21,25,28H,3,6-17H2/p+1. The molecule has 1 aromatic rings. The molecule has 0 aliphatic carbocycles. The summed E-state index contributed by atoms with van der Waals surface area (Å²) >= 11 is 0. The number of fused-ring (bicyclic) bond motifs is 3. The van der Waals surface area contributed by atoms with Gasteiger partial charge < -0.3 is 19.5 Å². The van der Waals surface area contributed by atoms with Crippen LogP contribution in [-0.4, -0.2) is 72.9 Å². The number of piperidine rings is 1. The average molecular weight is 431 g/mol. The molecule has 0 saturated carbocycles. The van der Waals surface area contributed by atoms with Crippen LogP contribution < -0.4 is 4.90 Å². The topological polar surface area (TPSA) is 88.8 Å². The molecular formula is C24H36N3O4+. The van der Waals surface area contributed by atoms with Crippen LogP contribution >= 0.6 is 0 Å². The zero-order valence-corrected chi connectivity index (χ0v) is 18.4. The van der Waals surface area contributed by atoms with E-state index < -0.39 is 0 Å². The van der Waals surface area contributed by atoms with Gasteiger partial charge in [-0.25, -0.2) is 0 Å². The molecule has 1 amide bonds. The second kappa shape index (κ2) is 10.6. The molecule has 31 heavy (non-hydrogen) atoms. The Kier molecular flexibility index (Phi) is 7.58. The number of rotatable bonds is 10. The highest BCUT2D eigenvalue weighted by Crippen LogP contribution is 2.37. The molecule has 2 saturated heterocycles. The minimum Gasteiger partial charge on any atom is -0.478 e.